The molecule has 1 heterocycles. The van der Waals surface area contributed by atoms with Crippen LogP contribution in [0.1, 0.15) is 29.7 Å². The van der Waals surface area contributed by atoms with Crippen LogP contribution in [0, 0.1) is 0 Å². The minimum absolute atomic E-state index is 0.536. The molecule has 3 rings (SSSR count). The second-order valence-corrected chi connectivity index (χ2v) is 6.03. The van der Waals surface area contributed by atoms with Crippen LogP contribution in [0.3, 0.4) is 0 Å². The molecule has 0 spiro atoms. The topological polar surface area (TPSA) is 16.1 Å². The maximum absolute atomic E-state index is 12.6. The zero-order valence-electron chi connectivity index (χ0n) is 11.3. The van der Waals surface area contributed by atoms with Crippen molar-refractivity contribution in [2.24, 2.45) is 0 Å². The Morgan fingerprint density at radius 1 is 1.14 bits per heavy atom. The summed E-state index contributed by atoms with van der Waals surface area (Å²) >= 11 is 1.56. The Bertz CT molecular complexity index is 574. The van der Waals surface area contributed by atoms with Gasteiger partial charge in [0.05, 0.1) is 16.8 Å². The maximum atomic E-state index is 12.6. The van der Waals surface area contributed by atoms with E-state index in [0.29, 0.717) is 12.6 Å². The molecular weight excluding hydrogens is 297 g/mol. The van der Waals surface area contributed by atoms with Gasteiger partial charge in [-0.15, -0.1) is 11.3 Å². The van der Waals surface area contributed by atoms with E-state index in [1.54, 1.807) is 29.0 Å². The quantitative estimate of drug-likeness (QED) is 0.817. The zero-order valence-corrected chi connectivity index (χ0v) is 12.1. The van der Waals surface area contributed by atoms with Crippen molar-refractivity contribution in [2.75, 3.05) is 0 Å². The fourth-order valence-corrected chi connectivity index (χ4v) is 2.86. The lowest BCUT2D eigenvalue weighted by atomic mass is 10.1. The van der Waals surface area contributed by atoms with Gasteiger partial charge < -0.3 is 0 Å². The molecular formula is C15H15F3N2S. The molecule has 112 valence electrons. The van der Waals surface area contributed by atoms with Gasteiger partial charge in [0.15, 0.2) is 0 Å². The average molecular weight is 312 g/mol. The molecule has 0 atom stereocenters. The minimum atomic E-state index is -4.27. The van der Waals surface area contributed by atoms with E-state index in [9.17, 15) is 13.2 Å². The molecule has 0 radical (unpaired) electrons. The highest BCUT2D eigenvalue weighted by Crippen LogP contribution is 2.31. The van der Waals surface area contributed by atoms with Crippen LogP contribution in [-0.4, -0.2) is 15.9 Å². The van der Waals surface area contributed by atoms with Crippen LogP contribution in [-0.2, 0) is 19.3 Å². The van der Waals surface area contributed by atoms with E-state index in [4.69, 9.17) is 0 Å². The smallest absolute Gasteiger partial charge is 0.290 e. The Hall–Kier alpha value is -1.40. The SMILES string of the molecule is FC(F)(F)c1ccc(CN(Cc2cscn2)C2CC2)cc1. The second-order valence-electron chi connectivity index (χ2n) is 5.31. The Morgan fingerprint density at radius 3 is 2.38 bits per heavy atom. The van der Waals surface area contributed by atoms with Crippen molar-refractivity contribution in [1.82, 2.24) is 9.88 Å². The van der Waals surface area contributed by atoms with Gasteiger partial charge in [-0.1, -0.05) is 12.1 Å². The van der Waals surface area contributed by atoms with E-state index in [1.807, 2.05) is 5.38 Å². The second kappa shape index (κ2) is 5.77. The van der Waals surface area contributed by atoms with Crippen molar-refractivity contribution in [3.63, 3.8) is 0 Å². The van der Waals surface area contributed by atoms with Gasteiger partial charge in [-0.2, -0.15) is 13.2 Å². The first-order valence-corrected chi connectivity index (χ1v) is 7.74. The standard InChI is InChI=1S/C15H15F3N2S/c16-15(17,18)12-3-1-11(2-4-12)7-20(14-5-6-14)8-13-9-21-10-19-13/h1-4,9-10,14H,5-8H2. The van der Waals surface area contributed by atoms with Crippen molar-refractivity contribution in [3.05, 3.63) is 52.0 Å². The predicted octanol–water partition coefficient (Wildman–Crippen LogP) is 4.33. The summed E-state index contributed by atoms with van der Waals surface area (Å²) in [6.45, 7) is 1.43. The zero-order chi connectivity index (χ0) is 14.9. The van der Waals surface area contributed by atoms with Crippen LogP contribution in [0.5, 0.6) is 0 Å². The van der Waals surface area contributed by atoms with Crippen LogP contribution in [0.15, 0.2) is 35.2 Å². The number of rotatable bonds is 5. The summed E-state index contributed by atoms with van der Waals surface area (Å²) in [6, 6.07) is 5.99. The number of thiazole rings is 1. The molecule has 0 unspecified atom stereocenters. The monoisotopic (exact) mass is 312 g/mol. The first-order valence-electron chi connectivity index (χ1n) is 6.79. The lowest BCUT2D eigenvalue weighted by Crippen LogP contribution is -2.25. The number of nitrogens with zero attached hydrogens (tertiary/aromatic N) is 2. The fourth-order valence-electron chi connectivity index (χ4n) is 2.31. The van der Waals surface area contributed by atoms with Crippen LogP contribution in [0.25, 0.3) is 0 Å². The van der Waals surface area contributed by atoms with Crippen LogP contribution < -0.4 is 0 Å². The molecule has 0 amide bonds. The van der Waals surface area contributed by atoms with E-state index < -0.39 is 11.7 Å². The summed E-state index contributed by atoms with van der Waals surface area (Å²) in [5, 5.41) is 2.02. The molecule has 1 aromatic heterocycles. The molecule has 1 aliphatic rings. The fraction of sp³-hybridized carbons (Fsp3) is 0.400. The van der Waals surface area contributed by atoms with Gasteiger partial charge in [0.2, 0.25) is 0 Å². The molecule has 2 aromatic rings. The minimum Gasteiger partial charge on any atom is -0.290 e. The molecule has 6 heteroatoms. The molecule has 0 aliphatic heterocycles. The van der Waals surface area contributed by atoms with Crippen molar-refractivity contribution >= 4 is 11.3 Å². The summed E-state index contributed by atoms with van der Waals surface area (Å²) in [5.74, 6) is 0. The first-order chi connectivity index (χ1) is 10.0. The Labute approximate surface area is 125 Å². The summed E-state index contributed by atoms with van der Waals surface area (Å²) in [4.78, 5) is 6.57. The highest BCUT2D eigenvalue weighted by atomic mass is 32.1. The molecule has 1 fully saturated rings. The van der Waals surface area contributed by atoms with E-state index in [2.05, 4.69) is 9.88 Å². The number of alkyl halides is 3. The van der Waals surface area contributed by atoms with Crippen LogP contribution in [0.2, 0.25) is 0 Å². The Morgan fingerprint density at radius 2 is 1.86 bits per heavy atom. The third-order valence-corrected chi connectivity index (χ3v) is 4.21. The molecule has 1 aromatic carbocycles. The number of halogens is 3. The van der Waals surface area contributed by atoms with Crippen molar-refractivity contribution in [3.8, 4) is 0 Å². The molecule has 2 nitrogen and oxygen atoms in total. The third-order valence-electron chi connectivity index (χ3n) is 3.58. The van der Waals surface area contributed by atoms with Crippen molar-refractivity contribution < 1.29 is 13.2 Å². The van der Waals surface area contributed by atoms with Gasteiger partial charge in [-0.25, -0.2) is 4.98 Å². The first kappa shape index (κ1) is 14.5. The van der Waals surface area contributed by atoms with Crippen molar-refractivity contribution in [2.45, 2.75) is 38.1 Å². The normalized spacial score (nSPS) is 15.6. The van der Waals surface area contributed by atoms with Crippen LogP contribution >= 0.6 is 11.3 Å². The molecule has 0 N–H and O–H groups in total. The third kappa shape index (κ3) is 3.83. The summed E-state index contributed by atoms with van der Waals surface area (Å²) < 4.78 is 37.7. The lowest BCUT2D eigenvalue weighted by molar-refractivity contribution is -0.137. The number of benzene rings is 1. The highest BCUT2D eigenvalue weighted by Gasteiger charge is 2.31. The number of aromatic nitrogens is 1. The van der Waals surface area contributed by atoms with Gasteiger partial charge in [-0.3, -0.25) is 4.90 Å². The molecule has 21 heavy (non-hydrogen) atoms. The number of hydrogen-bond donors (Lipinski definition) is 0. The Balaban J connectivity index is 1.68. The largest absolute Gasteiger partial charge is 0.416 e. The Kier molecular flexibility index (Phi) is 3.99. The highest BCUT2D eigenvalue weighted by molar-refractivity contribution is 7.07. The van der Waals surface area contributed by atoms with E-state index in [1.165, 1.54) is 0 Å². The van der Waals surface area contributed by atoms with Crippen LogP contribution in [0.4, 0.5) is 13.2 Å². The number of hydrogen-bond acceptors (Lipinski definition) is 3. The summed E-state index contributed by atoms with van der Waals surface area (Å²) in [5.41, 5.74) is 3.14. The van der Waals surface area contributed by atoms with E-state index in [0.717, 1.165) is 42.8 Å². The maximum Gasteiger partial charge on any atom is 0.416 e. The van der Waals surface area contributed by atoms with E-state index >= 15 is 0 Å². The average Bonchev–Trinajstić information content (AvgIpc) is 3.16. The lowest BCUT2D eigenvalue weighted by Gasteiger charge is -2.21. The summed E-state index contributed by atoms with van der Waals surface area (Å²) in [7, 11) is 0. The van der Waals surface area contributed by atoms with Gasteiger partial charge in [-0.05, 0) is 30.5 Å². The van der Waals surface area contributed by atoms with Gasteiger partial charge in [0.1, 0.15) is 0 Å². The van der Waals surface area contributed by atoms with Gasteiger partial charge in [0, 0.05) is 24.5 Å². The predicted molar refractivity (Wildman–Crippen MR) is 75.8 cm³/mol. The van der Waals surface area contributed by atoms with Crippen molar-refractivity contribution in [1.29, 1.82) is 0 Å². The molecule has 0 saturated heterocycles. The van der Waals surface area contributed by atoms with Gasteiger partial charge >= 0.3 is 6.18 Å². The molecule has 0 bridgehead atoms. The van der Waals surface area contributed by atoms with Gasteiger partial charge in [0.25, 0.3) is 0 Å². The summed E-state index contributed by atoms with van der Waals surface area (Å²) in [6.07, 6.45) is -1.95. The molecule has 1 aliphatic carbocycles. The molecule has 1 saturated carbocycles. The van der Waals surface area contributed by atoms with E-state index in [-0.39, 0.29) is 0 Å².